The van der Waals surface area contributed by atoms with Crippen LogP contribution in [0.3, 0.4) is 0 Å². The zero-order valence-corrected chi connectivity index (χ0v) is 17.4. The van der Waals surface area contributed by atoms with Crippen molar-refractivity contribution in [3.8, 4) is 11.5 Å². The van der Waals surface area contributed by atoms with Crippen LogP contribution in [0.1, 0.15) is 15.2 Å². The predicted molar refractivity (Wildman–Crippen MR) is 111 cm³/mol. The Morgan fingerprint density at radius 3 is 2.74 bits per heavy atom. The molecule has 0 bridgehead atoms. The summed E-state index contributed by atoms with van der Waals surface area (Å²) >= 11 is 13.8. The molecule has 3 rings (SSSR count). The Balaban J connectivity index is 1.84. The Morgan fingerprint density at radius 1 is 1.33 bits per heavy atom. The van der Waals surface area contributed by atoms with Crippen LogP contribution in [-0.2, 0) is 4.79 Å². The van der Waals surface area contributed by atoms with E-state index in [2.05, 4.69) is 5.43 Å². The second kappa shape index (κ2) is 8.30. The molecule has 1 saturated heterocycles. The molecule has 2 aromatic rings. The van der Waals surface area contributed by atoms with Gasteiger partial charge >= 0.3 is 0 Å². The van der Waals surface area contributed by atoms with Crippen molar-refractivity contribution in [3.63, 3.8) is 0 Å². The molecule has 0 saturated carbocycles. The minimum absolute atomic E-state index is 0.239. The number of rotatable bonds is 5. The minimum Gasteiger partial charge on any atom is -0.493 e. The largest absolute Gasteiger partial charge is 0.493 e. The molecule has 27 heavy (non-hydrogen) atoms. The molecule has 0 unspecified atom stereocenters. The van der Waals surface area contributed by atoms with Crippen LogP contribution in [0.25, 0.3) is 6.08 Å². The SMILES string of the molecule is COc1cc(/C=C2\SC(=S)N(NC(=O)c3cccs3)C2=O)cc(Cl)c1OC. The van der Waals surface area contributed by atoms with Crippen LogP contribution in [0.5, 0.6) is 11.5 Å². The Morgan fingerprint density at radius 2 is 2.11 bits per heavy atom. The molecule has 2 amide bonds. The van der Waals surface area contributed by atoms with Crippen LogP contribution < -0.4 is 14.9 Å². The van der Waals surface area contributed by atoms with E-state index in [4.69, 9.17) is 33.3 Å². The number of thioether (sulfide) groups is 1. The molecule has 1 aliphatic rings. The van der Waals surface area contributed by atoms with Crippen LogP contribution in [0, 0.1) is 0 Å². The molecule has 0 spiro atoms. The highest BCUT2D eigenvalue weighted by atomic mass is 35.5. The van der Waals surface area contributed by atoms with Crippen LogP contribution in [0.4, 0.5) is 0 Å². The summed E-state index contributed by atoms with van der Waals surface area (Å²) in [7, 11) is 2.99. The van der Waals surface area contributed by atoms with E-state index < -0.39 is 11.8 Å². The number of methoxy groups -OCH3 is 2. The number of carbonyl (C=O) groups excluding carboxylic acids is 2. The quantitative estimate of drug-likeness (QED) is 0.560. The molecule has 1 aromatic heterocycles. The highest BCUT2D eigenvalue weighted by molar-refractivity contribution is 8.26. The molecular formula is C17H13ClN2O4S3. The molecule has 10 heteroatoms. The van der Waals surface area contributed by atoms with E-state index in [9.17, 15) is 9.59 Å². The molecule has 1 fully saturated rings. The van der Waals surface area contributed by atoms with E-state index >= 15 is 0 Å². The van der Waals surface area contributed by atoms with Gasteiger partial charge in [-0.1, -0.05) is 29.4 Å². The van der Waals surface area contributed by atoms with Gasteiger partial charge in [0.05, 0.1) is 29.0 Å². The first-order valence-corrected chi connectivity index (χ1v) is 9.96. The summed E-state index contributed by atoms with van der Waals surface area (Å²) in [5.74, 6) is 0.0438. The molecule has 0 aliphatic carbocycles. The molecule has 6 nitrogen and oxygen atoms in total. The monoisotopic (exact) mass is 440 g/mol. The first-order chi connectivity index (χ1) is 12.9. The zero-order chi connectivity index (χ0) is 19.6. The van der Waals surface area contributed by atoms with E-state index in [1.54, 1.807) is 35.7 Å². The zero-order valence-electron chi connectivity index (χ0n) is 14.1. The van der Waals surface area contributed by atoms with Crippen molar-refractivity contribution in [2.24, 2.45) is 0 Å². The van der Waals surface area contributed by atoms with Gasteiger partial charge in [0.1, 0.15) is 0 Å². The molecular weight excluding hydrogens is 428 g/mol. The fourth-order valence-corrected chi connectivity index (χ4v) is 4.39. The number of ether oxygens (including phenoxy) is 2. The van der Waals surface area contributed by atoms with Gasteiger partial charge in [0, 0.05) is 0 Å². The van der Waals surface area contributed by atoms with Gasteiger partial charge in [-0.3, -0.25) is 15.0 Å². The number of hydrogen-bond acceptors (Lipinski definition) is 7. The maximum atomic E-state index is 12.6. The molecule has 140 valence electrons. The normalized spacial score (nSPS) is 15.4. The van der Waals surface area contributed by atoms with E-state index in [1.807, 2.05) is 0 Å². The number of hydrazine groups is 1. The Kier molecular flexibility index (Phi) is 6.05. The second-order valence-electron chi connectivity index (χ2n) is 5.17. The number of benzene rings is 1. The van der Waals surface area contributed by atoms with Crippen molar-refractivity contribution >= 4 is 69.1 Å². The molecule has 0 atom stereocenters. The maximum absolute atomic E-state index is 12.6. The topological polar surface area (TPSA) is 67.9 Å². The second-order valence-corrected chi connectivity index (χ2v) is 8.20. The average Bonchev–Trinajstić information content (AvgIpc) is 3.26. The molecule has 1 aromatic carbocycles. The van der Waals surface area contributed by atoms with Crippen LogP contribution in [0.15, 0.2) is 34.6 Å². The van der Waals surface area contributed by atoms with Gasteiger partial charge in [-0.15, -0.1) is 11.3 Å². The number of carbonyl (C=O) groups is 2. The van der Waals surface area contributed by atoms with Gasteiger partial charge < -0.3 is 9.47 Å². The third-order valence-corrected chi connectivity index (χ3v) is 5.96. The van der Waals surface area contributed by atoms with E-state index in [0.717, 1.165) is 16.8 Å². The smallest absolute Gasteiger partial charge is 0.285 e. The van der Waals surface area contributed by atoms with Crippen molar-refractivity contribution in [2.75, 3.05) is 14.2 Å². The van der Waals surface area contributed by atoms with Gasteiger partial charge in [0.15, 0.2) is 15.8 Å². The number of nitrogens with one attached hydrogen (secondary N) is 1. The van der Waals surface area contributed by atoms with Gasteiger partial charge in [-0.25, -0.2) is 0 Å². The van der Waals surface area contributed by atoms with Crippen LogP contribution >= 0.6 is 46.9 Å². The van der Waals surface area contributed by atoms with Crippen molar-refractivity contribution in [2.45, 2.75) is 0 Å². The van der Waals surface area contributed by atoms with Gasteiger partial charge in [-0.05, 0) is 47.4 Å². The summed E-state index contributed by atoms with van der Waals surface area (Å²) in [6.07, 6.45) is 1.63. The highest BCUT2D eigenvalue weighted by Gasteiger charge is 2.34. The third-order valence-electron chi connectivity index (χ3n) is 3.51. The summed E-state index contributed by atoms with van der Waals surface area (Å²) in [6, 6.07) is 6.77. The molecule has 0 radical (unpaired) electrons. The lowest BCUT2D eigenvalue weighted by Crippen LogP contribution is -2.44. The first kappa shape index (κ1) is 19.7. The summed E-state index contributed by atoms with van der Waals surface area (Å²) < 4.78 is 10.7. The minimum atomic E-state index is -0.416. The van der Waals surface area contributed by atoms with E-state index in [-0.39, 0.29) is 4.32 Å². The van der Waals surface area contributed by atoms with Crippen molar-refractivity contribution in [3.05, 3.63) is 50.0 Å². The van der Waals surface area contributed by atoms with Gasteiger partial charge in [0.2, 0.25) is 0 Å². The Bertz CT molecular complexity index is 944. The lowest BCUT2D eigenvalue weighted by atomic mass is 10.2. The van der Waals surface area contributed by atoms with E-state index in [0.29, 0.717) is 31.9 Å². The van der Waals surface area contributed by atoms with Gasteiger partial charge in [0.25, 0.3) is 11.8 Å². The van der Waals surface area contributed by atoms with Crippen LogP contribution in [0.2, 0.25) is 5.02 Å². The number of thiophene rings is 1. The third kappa shape index (κ3) is 4.11. The molecule has 1 aliphatic heterocycles. The highest BCUT2D eigenvalue weighted by Crippen LogP contribution is 2.38. The number of halogens is 1. The number of thiocarbonyl (C=S) groups is 1. The number of nitrogens with zero attached hydrogens (tertiary/aromatic N) is 1. The summed E-state index contributed by atoms with van der Waals surface area (Å²) in [4.78, 5) is 25.7. The van der Waals surface area contributed by atoms with Crippen molar-refractivity contribution < 1.29 is 19.1 Å². The number of amides is 2. The fraction of sp³-hybridized carbons (Fsp3) is 0.118. The fourth-order valence-electron chi connectivity index (χ4n) is 2.30. The molecule has 2 heterocycles. The standard InChI is InChI=1S/C17H13ClN2O4S3/c1-23-11-7-9(6-10(18)14(11)24-2)8-13-16(22)20(17(25)27-13)19-15(21)12-4-3-5-26-12/h3-8H,1-2H3,(H,19,21)/b13-8-. The Labute approximate surface area is 174 Å². The average molecular weight is 441 g/mol. The predicted octanol–water partition coefficient (Wildman–Crippen LogP) is 3.96. The van der Waals surface area contributed by atoms with E-state index in [1.165, 1.54) is 25.6 Å². The summed E-state index contributed by atoms with van der Waals surface area (Å²) in [6.45, 7) is 0. The first-order valence-electron chi connectivity index (χ1n) is 7.48. The maximum Gasteiger partial charge on any atom is 0.285 e. The molecule has 1 N–H and O–H groups in total. The van der Waals surface area contributed by atoms with Crippen LogP contribution in [-0.4, -0.2) is 35.4 Å². The number of hydrogen-bond donors (Lipinski definition) is 1. The summed E-state index contributed by atoms with van der Waals surface area (Å²) in [5.41, 5.74) is 3.17. The summed E-state index contributed by atoms with van der Waals surface area (Å²) in [5, 5.41) is 3.19. The van der Waals surface area contributed by atoms with Crippen molar-refractivity contribution in [1.82, 2.24) is 10.4 Å². The van der Waals surface area contributed by atoms with Crippen molar-refractivity contribution in [1.29, 1.82) is 0 Å². The van der Waals surface area contributed by atoms with Gasteiger partial charge in [-0.2, -0.15) is 5.01 Å². The lowest BCUT2D eigenvalue weighted by molar-refractivity contribution is -0.123. The lowest BCUT2D eigenvalue weighted by Gasteiger charge is -2.14. The Hall–Kier alpha value is -2.07.